The molecule has 2 heterocycles. The van der Waals surface area contributed by atoms with E-state index in [9.17, 15) is 14.4 Å². The Hall–Kier alpha value is -3.95. The van der Waals surface area contributed by atoms with E-state index in [0.717, 1.165) is 5.56 Å². The molecule has 3 rings (SSSR count). The van der Waals surface area contributed by atoms with Crippen molar-refractivity contribution in [1.29, 1.82) is 0 Å². The Morgan fingerprint density at radius 2 is 1.71 bits per heavy atom. The number of hydrogen-bond acceptors (Lipinski definition) is 7. The number of esters is 2. The number of hydrogen-bond donors (Lipinski definition) is 0. The summed E-state index contributed by atoms with van der Waals surface area (Å²) in [4.78, 5) is 48.8. The molecule has 0 amide bonds. The van der Waals surface area contributed by atoms with Crippen molar-refractivity contribution < 1.29 is 19.1 Å². The summed E-state index contributed by atoms with van der Waals surface area (Å²) in [5.74, 6) is -0.655. The van der Waals surface area contributed by atoms with Crippen molar-refractivity contribution in [2.24, 2.45) is 10.4 Å². The standard InChI is InChI=1S/C28H37N5O5/c1-27(2,3)25(36)37-18-33-23(34)22-21(30-26(33)29-17-31(7)8)14-16-32(22)15-13-19-9-11-20(12-10-19)24(35)38-28(4,5)6/h9-12,14,16-17H,13,15,18H2,1-8H3/b29-17+. The zero-order chi connectivity index (χ0) is 28.3. The van der Waals surface area contributed by atoms with Gasteiger partial charge in [-0.2, -0.15) is 0 Å². The highest BCUT2D eigenvalue weighted by Crippen LogP contribution is 2.19. The summed E-state index contributed by atoms with van der Waals surface area (Å²) in [5.41, 5.74) is 0.748. The number of aromatic nitrogens is 3. The van der Waals surface area contributed by atoms with Gasteiger partial charge in [-0.15, -0.1) is 0 Å². The zero-order valence-corrected chi connectivity index (χ0v) is 23.4. The van der Waals surface area contributed by atoms with Crippen molar-refractivity contribution in [3.05, 3.63) is 58.0 Å². The molecule has 10 heteroatoms. The summed E-state index contributed by atoms with van der Waals surface area (Å²) in [5, 5.41) is 0. The molecule has 3 aromatic rings. The Balaban J connectivity index is 1.87. The third-order valence-corrected chi connectivity index (χ3v) is 5.42. The number of nitrogens with zero attached hydrogens (tertiary/aromatic N) is 5. The van der Waals surface area contributed by atoms with Gasteiger partial charge in [-0.3, -0.25) is 9.59 Å². The van der Waals surface area contributed by atoms with Gasteiger partial charge in [0.05, 0.1) is 22.8 Å². The van der Waals surface area contributed by atoms with Gasteiger partial charge in [0.25, 0.3) is 5.56 Å². The van der Waals surface area contributed by atoms with Crippen molar-refractivity contribution >= 4 is 35.3 Å². The van der Waals surface area contributed by atoms with Gasteiger partial charge < -0.3 is 18.9 Å². The smallest absolute Gasteiger partial charge is 0.338 e. The molecule has 38 heavy (non-hydrogen) atoms. The number of rotatable bonds is 8. The lowest BCUT2D eigenvalue weighted by Gasteiger charge is -2.19. The van der Waals surface area contributed by atoms with E-state index in [1.165, 1.54) is 10.9 Å². The highest BCUT2D eigenvalue weighted by atomic mass is 16.6. The molecule has 0 bridgehead atoms. The fourth-order valence-electron chi connectivity index (χ4n) is 3.47. The maximum atomic E-state index is 13.6. The Morgan fingerprint density at radius 1 is 1.05 bits per heavy atom. The van der Waals surface area contributed by atoms with Crippen molar-refractivity contribution in [2.75, 3.05) is 14.1 Å². The second-order valence-electron chi connectivity index (χ2n) is 11.4. The van der Waals surface area contributed by atoms with Gasteiger partial charge >= 0.3 is 11.9 Å². The van der Waals surface area contributed by atoms with Crippen LogP contribution in [0.3, 0.4) is 0 Å². The van der Waals surface area contributed by atoms with Gasteiger partial charge in [-0.25, -0.2) is 19.3 Å². The van der Waals surface area contributed by atoms with Crippen LogP contribution >= 0.6 is 0 Å². The summed E-state index contributed by atoms with van der Waals surface area (Å²) in [6, 6.07) is 9.00. The Morgan fingerprint density at radius 3 is 2.29 bits per heavy atom. The third kappa shape index (κ3) is 7.30. The molecule has 10 nitrogen and oxygen atoms in total. The van der Waals surface area contributed by atoms with E-state index in [-0.39, 0.29) is 24.2 Å². The molecule has 0 spiro atoms. The van der Waals surface area contributed by atoms with E-state index in [4.69, 9.17) is 9.47 Å². The number of aryl methyl sites for hydroxylation is 2. The Kier molecular flexibility index (Phi) is 8.44. The average molecular weight is 524 g/mol. The molecule has 0 N–H and O–H groups in total. The molecular weight excluding hydrogens is 486 g/mol. The Labute approximate surface area is 222 Å². The largest absolute Gasteiger partial charge is 0.456 e. The fourth-order valence-corrected chi connectivity index (χ4v) is 3.47. The molecule has 0 unspecified atom stereocenters. The van der Waals surface area contributed by atoms with Crippen LogP contribution in [-0.4, -0.2) is 57.0 Å². The molecule has 2 aromatic heterocycles. The molecule has 0 saturated carbocycles. The van der Waals surface area contributed by atoms with E-state index >= 15 is 0 Å². The van der Waals surface area contributed by atoms with Crippen LogP contribution in [0.5, 0.6) is 0 Å². The number of ether oxygens (including phenoxy) is 2. The van der Waals surface area contributed by atoms with Crippen LogP contribution in [0, 0.1) is 5.41 Å². The molecule has 0 atom stereocenters. The maximum absolute atomic E-state index is 13.6. The fraction of sp³-hybridized carbons (Fsp3) is 0.464. The molecular formula is C28H37N5O5. The van der Waals surface area contributed by atoms with E-state index in [2.05, 4.69) is 9.98 Å². The van der Waals surface area contributed by atoms with Gasteiger partial charge in [-0.1, -0.05) is 12.1 Å². The number of carbonyl (C=O) groups is 2. The first-order chi connectivity index (χ1) is 17.7. The van der Waals surface area contributed by atoms with Crippen LogP contribution in [0.15, 0.2) is 46.3 Å². The minimum Gasteiger partial charge on any atom is -0.456 e. The second kappa shape index (κ2) is 11.2. The minimum absolute atomic E-state index is 0.147. The van der Waals surface area contributed by atoms with Crippen LogP contribution in [0.2, 0.25) is 0 Å². The van der Waals surface area contributed by atoms with Crippen LogP contribution in [0.4, 0.5) is 5.95 Å². The van der Waals surface area contributed by atoms with Crippen molar-refractivity contribution in [2.45, 2.75) is 66.8 Å². The summed E-state index contributed by atoms with van der Waals surface area (Å²) >= 11 is 0. The molecule has 0 saturated heterocycles. The van der Waals surface area contributed by atoms with E-state index < -0.39 is 17.0 Å². The molecule has 0 aliphatic heterocycles. The monoisotopic (exact) mass is 523 g/mol. The summed E-state index contributed by atoms with van der Waals surface area (Å²) in [7, 11) is 3.61. The van der Waals surface area contributed by atoms with Crippen LogP contribution < -0.4 is 5.56 Å². The number of benzene rings is 1. The SMILES string of the molecule is CN(C)/C=N/c1nc2ccn(CCc3ccc(C(=O)OC(C)(C)C)cc3)c2c(=O)n1COC(=O)C(C)(C)C. The molecule has 0 radical (unpaired) electrons. The third-order valence-electron chi connectivity index (χ3n) is 5.42. The van der Waals surface area contributed by atoms with Crippen LogP contribution in [0.1, 0.15) is 57.5 Å². The molecule has 1 aromatic carbocycles. The van der Waals surface area contributed by atoms with Gasteiger partial charge in [0.2, 0.25) is 5.95 Å². The summed E-state index contributed by atoms with van der Waals surface area (Å²) in [6.45, 7) is 10.9. The average Bonchev–Trinajstić information content (AvgIpc) is 3.22. The molecule has 0 aliphatic carbocycles. The molecule has 204 valence electrons. The first kappa shape index (κ1) is 28.6. The topological polar surface area (TPSA) is 108 Å². The van der Waals surface area contributed by atoms with E-state index in [1.54, 1.807) is 64.2 Å². The highest BCUT2D eigenvalue weighted by molar-refractivity contribution is 5.89. The van der Waals surface area contributed by atoms with Gasteiger partial charge in [-0.05, 0) is 71.7 Å². The Bertz CT molecular complexity index is 1390. The van der Waals surface area contributed by atoms with Crippen LogP contribution in [-0.2, 0) is 34.0 Å². The van der Waals surface area contributed by atoms with E-state index in [0.29, 0.717) is 29.6 Å². The maximum Gasteiger partial charge on any atom is 0.338 e. The lowest BCUT2D eigenvalue weighted by atomic mass is 9.98. The number of carbonyl (C=O) groups excluding carboxylic acids is 2. The zero-order valence-electron chi connectivity index (χ0n) is 23.4. The van der Waals surface area contributed by atoms with Gasteiger partial charge in [0, 0.05) is 26.8 Å². The highest BCUT2D eigenvalue weighted by Gasteiger charge is 2.24. The summed E-state index contributed by atoms with van der Waals surface area (Å²) < 4.78 is 13.9. The van der Waals surface area contributed by atoms with Crippen molar-refractivity contribution in [1.82, 2.24) is 19.0 Å². The first-order valence-electron chi connectivity index (χ1n) is 12.5. The minimum atomic E-state index is -0.715. The number of aliphatic imine (C=N–C) groups is 1. The lowest BCUT2D eigenvalue weighted by molar-refractivity contribution is -0.157. The summed E-state index contributed by atoms with van der Waals surface area (Å²) in [6.07, 6.45) is 3.96. The van der Waals surface area contributed by atoms with Gasteiger partial charge in [0.1, 0.15) is 11.1 Å². The molecule has 0 aliphatic rings. The molecule has 0 fully saturated rings. The van der Waals surface area contributed by atoms with Crippen LogP contribution in [0.25, 0.3) is 11.0 Å². The normalized spacial score (nSPS) is 12.2. The predicted molar refractivity (Wildman–Crippen MR) is 147 cm³/mol. The predicted octanol–water partition coefficient (Wildman–Crippen LogP) is 4.16. The second-order valence-corrected chi connectivity index (χ2v) is 11.4. The van der Waals surface area contributed by atoms with Crippen molar-refractivity contribution in [3.63, 3.8) is 0 Å². The van der Waals surface area contributed by atoms with E-state index in [1.807, 2.05) is 37.5 Å². The number of fused-ring (bicyclic) bond motifs is 1. The van der Waals surface area contributed by atoms with Crippen molar-refractivity contribution in [3.8, 4) is 0 Å². The van der Waals surface area contributed by atoms with Gasteiger partial charge in [0.15, 0.2) is 6.73 Å². The quantitative estimate of drug-likeness (QED) is 0.248. The lowest BCUT2D eigenvalue weighted by Crippen LogP contribution is -2.29. The first-order valence-corrected chi connectivity index (χ1v) is 12.5.